The second kappa shape index (κ2) is 6.76. The second-order valence-electron chi connectivity index (χ2n) is 6.15. The highest BCUT2D eigenvalue weighted by Gasteiger charge is 2.30. The molecule has 1 saturated heterocycles. The third-order valence-electron chi connectivity index (χ3n) is 4.23. The molecular weight excluding hydrogens is 334 g/mol. The molecule has 1 fully saturated rings. The average Bonchev–Trinajstić information content (AvgIpc) is 2.94. The van der Waals surface area contributed by atoms with Crippen LogP contribution in [-0.2, 0) is 14.6 Å². The summed E-state index contributed by atoms with van der Waals surface area (Å²) >= 11 is 0. The first-order chi connectivity index (χ1) is 11.1. The van der Waals surface area contributed by atoms with Gasteiger partial charge in [-0.1, -0.05) is 6.07 Å². The summed E-state index contributed by atoms with van der Waals surface area (Å²) in [7, 11) is -2.00. The lowest BCUT2D eigenvalue weighted by molar-refractivity contribution is -0.387. The summed E-state index contributed by atoms with van der Waals surface area (Å²) in [5, 5.41) is 11.4. The number of hydrogen-bond donors (Lipinski definition) is 0. The number of carbonyl (C=O) groups is 1. The van der Waals surface area contributed by atoms with Crippen molar-refractivity contribution < 1.29 is 18.1 Å². The van der Waals surface area contributed by atoms with E-state index in [1.165, 1.54) is 19.1 Å². The lowest BCUT2D eigenvalue weighted by Crippen LogP contribution is -2.30. The molecule has 1 aromatic carbocycles. The van der Waals surface area contributed by atoms with Crippen molar-refractivity contribution in [3.05, 3.63) is 28.3 Å². The summed E-state index contributed by atoms with van der Waals surface area (Å²) in [6.45, 7) is 3.32. The highest BCUT2D eigenvalue weighted by Crippen LogP contribution is 2.34. The molecule has 2 rings (SSSR count). The van der Waals surface area contributed by atoms with Crippen molar-refractivity contribution in [1.82, 2.24) is 4.90 Å². The van der Waals surface area contributed by atoms with Crippen molar-refractivity contribution in [1.29, 1.82) is 0 Å². The highest BCUT2D eigenvalue weighted by atomic mass is 32.2. The molecule has 1 amide bonds. The Balaban J connectivity index is 2.28. The number of anilines is 1. The third kappa shape index (κ3) is 3.84. The van der Waals surface area contributed by atoms with Crippen LogP contribution in [0.5, 0.6) is 0 Å². The zero-order valence-corrected chi connectivity index (χ0v) is 14.7. The molecule has 1 aromatic rings. The largest absolute Gasteiger partial charge is 0.369 e. The third-order valence-corrected chi connectivity index (χ3v) is 5.36. The molecule has 132 valence electrons. The zero-order valence-electron chi connectivity index (χ0n) is 13.9. The number of likely N-dealkylation sites (tertiary alicyclic amines) is 1. The van der Waals surface area contributed by atoms with Gasteiger partial charge in [0.1, 0.15) is 10.6 Å². The minimum atomic E-state index is -3.70. The van der Waals surface area contributed by atoms with Gasteiger partial charge < -0.3 is 9.80 Å². The molecule has 1 aliphatic heterocycles. The molecule has 1 unspecified atom stereocenters. The van der Waals surface area contributed by atoms with Crippen molar-refractivity contribution in [2.75, 3.05) is 37.8 Å². The number of nitrogens with zero attached hydrogens (tertiary/aromatic N) is 3. The SMILES string of the molecule is CC(=O)N1CCC(CN(C)c2cccc(S(C)(=O)=O)c2[N+](=O)[O-])C1. The van der Waals surface area contributed by atoms with Crippen LogP contribution in [0.15, 0.2) is 23.1 Å². The van der Waals surface area contributed by atoms with Gasteiger partial charge in [-0.05, 0) is 24.5 Å². The molecule has 0 bridgehead atoms. The van der Waals surface area contributed by atoms with Crippen LogP contribution in [0, 0.1) is 16.0 Å². The van der Waals surface area contributed by atoms with Gasteiger partial charge in [-0.25, -0.2) is 8.42 Å². The van der Waals surface area contributed by atoms with Crippen molar-refractivity contribution in [2.45, 2.75) is 18.2 Å². The van der Waals surface area contributed by atoms with Gasteiger partial charge in [-0.3, -0.25) is 14.9 Å². The number of amides is 1. The molecule has 1 heterocycles. The maximum absolute atomic E-state index is 11.8. The summed E-state index contributed by atoms with van der Waals surface area (Å²) in [5.41, 5.74) is -0.131. The van der Waals surface area contributed by atoms with E-state index in [9.17, 15) is 23.3 Å². The number of hydrogen-bond acceptors (Lipinski definition) is 6. The number of sulfone groups is 1. The van der Waals surface area contributed by atoms with Gasteiger partial charge in [0.15, 0.2) is 9.84 Å². The molecule has 0 N–H and O–H groups in total. The molecule has 0 spiro atoms. The maximum atomic E-state index is 11.8. The van der Waals surface area contributed by atoms with Crippen LogP contribution in [0.2, 0.25) is 0 Å². The molecule has 0 radical (unpaired) electrons. The fourth-order valence-corrected chi connectivity index (χ4v) is 3.91. The Morgan fingerprint density at radius 3 is 2.62 bits per heavy atom. The van der Waals surface area contributed by atoms with Crippen LogP contribution in [0.1, 0.15) is 13.3 Å². The lowest BCUT2D eigenvalue weighted by Gasteiger charge is -2.23. The number of benzene rings is 1. The molecular formula is C15H21N3O5S. The predicted molar refractivity (Wildman–Crippen MR) is 89.8 cm³/mol. The van der Waals surface area contributed by atoms with Gasteiger partial charge in [0.25, 0.3) is 0 Å². The standard InChI is InChI=1S/C15H21N3O5S/c1-11(19)17-8-7-12(10-17)9-16(2)13-5-4-6-14(24(3,22)23)15(13)18(20)21/h4-6,12H,7-10H2,1-3H3. The van der Waals surface area contributed by atoms with Crippen molar-refractivity contribution in [3.8, 4) is 0 Å². The summed E-state index contributed by atoms with van der Waals surface area (Å²) in [4.78, 5) is 25.3. The van der Waals surface area contributed by atoms with Gasteiger partial charge in [-0.15, -0.1) is 0 Å². The quantitative estimate of drug-likeness (QED) is 0.583. The molecule has 1 atom stereocenters. The monoisotopic (exact) mass is 355 g/mol. The molecule has 0 saturated carbocycles. The Morgan fingerprint density at radius 2 is 2.12 bits per heavy atom. The summed E-state index contributed by atoms with van der Waals surface area (Å²) in [6.07, 6.45) is 1.78. The van der Waals surface area contributed by atoms with E-state index in [4.69, 9.17) is 0 Å². The minimum absolute atomic E-state index is 0.0187. The minimum Gasteiger partial charge on any atom is -0.369 e. The second-order valence-corrected chi connectivity index (χ2v) is 8.14. The Hall–Kier alpha value is -2.16. The molecule has 1 aliphatic rings. The Morgan fingerprint density at radius 1 is 1.46 bits per heavy atom. The van der Waals surface area contributed by atoms with Crippen molar-refractivity contribution >= 4 is 27.1 Å². The van der Waals surface area contributed by atoms with Crippen LogP contribution < -0.4 is 4.90 Å². The predicted octanol–water partition coefficient (Wildman–Crippen LogP) is 1.30. The van der Waals surface area contributed by atoms with E-state index in [1.807, 2.05) is 0 Å². The molecule has 9 heteroatoms. The van der Waals surface area contributed by atoms with E-state index < -0.39 is 20.4 Å². The normalized spacial score (nSPS) is 17.8. The van der Waals surface area contributed by atoms with Crippen LogP contribution >= 0.6 is 0 Å². The maximum Gasteiger partial charge on any atom is 0.311 e. The van der Waals surface area contributed by atoms with E-state index in [0.717, 1.165) is 12.7 Å². The Bertz CT molecular complexity index is 762. The molecule has 0 aromatic heterocycles. The summed E-state index contributed by atoms with van der Waals surface area (Å²) in [6, 6.07) is 4.30. The number of rotatable bonds is 5. The zero-order chi connectivity index (χ0) is 18.1. The van der Waals surface area contributed by atoms with Crippen molar-refractivity contribution in [3.63, 3.8) is 0 Å². The summed E-state index contributed by atoms with van der Waals surface area (Å²) in [5.74, 6) is 0.214. The number of para-hydroxylation sites is 1. The van der Waals surface area contributed by atoms with Crippen LogP contribution in [0.3, 0.4) is 0 Å². The topological polar surface area (TPSA) is 101 Å². The van der Waals surface area contributed by atoms with Gasteiger partial charge in [-0.2, -0.15) is 0 Å². The van der Waals surface area contributed by atoms with Gasteiger partial charge in [0, 0.05) is 39.9 Å². The van der Waals surface area contributed by atoms with Crippen molar-refractivity contribution in [2.24, 2.45) is 5.92 Å². The summed E-state index contributed by atoms with van der Waals surface area (Å²) < 4.78 is 23.7. The van der Waals surface area contributed by atoms with E-state index in [-0.39, 0.29) is 22.4 Å². The van der Waals surface area contributed by atoms with Crippen LogP contribution in [0.4, 0.5) is 11.4 Å². The first-order valence-electron chi connectivity index (χ1n) is 7.55. The lowest BCUT2D eigenvalue weighted by atomic mass is 10.1. The highest BCUT2D eigenvalue weighted by molar-refractivity contribution is 7.90. The van der Waals surface area contributed by atoms with E-state index in [2.05, 4.69) is 0 Å². The van der Waals surface area contributed by atoms with E-state index >= 15 is 0 Å². The Kier molecular flexibility index (Phi) is 5.12. The number of carbonyl (C=O) groups excluding carboxylic acids is 1. The molecule has 8 nitrogen and oxygen atoms in total. The van der Waals surface area contributed by atoms with Crippen LogP contribution in [0.25, 0.3) is 0 Å². The average molecular weight is 355 g/mol. The first-order valence-corrected chi connectivity index (χ1v) is 9.44. The van der Waals surface area contributed by atoms with Gasteiger partial charge in [0.05, 0.1) is 4.92 Å². The van der Waals surface area contributed by atoms with E-state index in [0.29, 0.717) is 19.6 Å². The van der Waals surface area contributed by atoms with E-state index in [1.54, 1.807) is 22.9 Å². The molecule has 24 heavy (non-hydrogen) atoms. The number of nitro benzene ring substituents is 1. The fraction of sp³-hybridized carbons (Fsp3) is 0.533. The number of nitro groups is 1. The fourth-order valence-electron chi connectivity index (χ4n) is 3.05. The Labute approximate surface area is 141 Å². The van der Waals surface area contributed by atoms with Crippen LogP contribution in [-0.4, -0.2) is 57.1 Å². The smallest absolute Gasteiger partial charge is 0.311 e. The molecule has 0 aliphatic carbocycles. The van der Waals surface area contributed by atoms with Gasteiger partial charge in [0.2, 0.25) is 5.91 Å². The van der Waals surface area contributed by atoms with Gasteiger partial charge >= 0.3 is 5.69 Å². The first kappa shape index (κ1) is 18.2.